The maximum Gasteiger partial charge on any atom is 0.328 e. The lowest BCUT2D eigenvalue weighted by Gasteiger charge is -2.17. The van der Waals surface area contributed by atoms with Crippen molar-refractivity contribution in [2.75, 3.05) is 10.6 Å². The van der Waals surface area contributed by atoms with Gasteiger partial charge >= 0.3 is 5.97 Å². The zero-order valence-electron chi connectivity index (χ0n) is 16.7. The molecule has 8 heteroatoms. The molecule has 2 amide bonds. The van der Waals surface area contributed by atoms with E-state index >= 15 is 0 Å². The van der Waals surface area contributed by atoms with Gasteiger partial charge in [0.2, 0.25) is 11.8 Å². The van der Waals surface area contributed by atoms with E-state index in [1.165, 1.54) is 23.9 Å². The first kappa shape index (κ1) is 22.8. The molecule has 0 spiro atoms. The van der Waals surface area contributed by atoms with Crippen LogP contribution >= 0.6 is 11.8 Å². The standard InChI is InChI=1S/C24H19FN2O4S/c25-19-8-4-5-9-20(19)27-24(31)23(16-6-2-1-3-7-16)32-18-12-10-17(11-13-18)26-21(28)14-15-22(29)30/h1-15,23H,(H,26,28)(H,27,31)(H,29,30)/b15-14+. The average Bonchev–Trinajstić information content (AvgIpc) is 2.79. The van der Waals surface area contributed by atoms with Gasteiger partial charge in [-0.2, -0.15) is 0 Å². The zero-order chi connectivity index (χ0) is 22.9. The van der Waals surface area contributed by atoms with Crippen molar-refractivity contribution in [2.45, 2.75) is 10.1 Å². The molecule has 6 nitrogen and oxygen atoms in total. The molecular weight excluding hydrogens is 431 g/mol. The van der Waals surface area contributed by atoms with E-state index in [2.05, 4.69) is 10.6 Å². The Bertz CT molecular complexity index is 1130. The van der Waals surface area contributed by atoms with E-state index in [0.29, 0.717) is 5.69 Å². The minimum absolute atomic E-state index is 0.103. The number of anilines is 2. The summed E-state index contributed by atoms with van der Waals surface area (Å²) in [6.45, 7) is 0. The highest BCUT2D eigenvalue weighted by Gasteiger charge is 2.23. The second-order valence-electron chi connectivity index (χ2n) is 6.56. The molecular formula is C24H19FN2O4S. The van der Waals surface area contributed by atoms with Crippen LogP contribution in [-0.4, -0.2) is 22.9 Å². The number of hydrogen-bond donors (Lipinski definition) is 3. The van der Waals surface area contributed by atoms with Crippen LogP contribution in [0.5, 0.6) is 0 Å². The number of amides is 2. The molecule has 0 fully saturated rings. The van der Waals surface area contributed by atoms with E-state index in [9.17, 15) is 18.8 Å². The number of aliphatic carboxylic acids is 1. The van der Waals surface area contributed by atoms with Gasteiger partial charge in [0.05, 0.1) is 5.69 Å². The van der Waals surface area contributed by atoms with Crippen molar-refractivity contribution in [1.29, 1.82) is 0 Å². The van der Waals surface area contributed by atoms with Gasteiger partial charge in [0.25, 0.3) is 0 Å². The number of thioether (sulfide) groups is 1. The third kappa shape index (κ3) is 6.55. The smallest absolute Gasteiger partial charge is 0.328 e. The molecule has 0 saturated heterocycles. The molecule has 3 N–H and O–H groups in total. The lowest BCUT2D eigenvalue weighted by Crippen LogP contribution is -2.19. The first-order valence-corrected chi connectivity index (χ1v) is 10.4. The van der Waals surface area contributed by atoms with Crippen LogP contribution in [0.2, 0.25) is 0 Å². The van der Waals surface area contributed by atoms with Gasteiger partial charge in [0.1, 0.15) is 11.1 Å². The number of benzene rings is 3. The molecule has 0 aliphatic carbocycles. The van der Waals surface area contributed by atoms with E-state index in [1.807, 2.05) is 30.3 Å². The Kier molecular flexibility index (Phi) is 7.77. The summed E-state index contributed by atoms with van der Waals surface area (Å²) < 4.78 is 14.0. The predicted molar refractivity (Wildman–Crippen MR) is 122 cm³/mol. The van der Waals surface area contributed by atoms with Gasteiger partial charge in [-0.3, -0.25) is 9.59 Å². The second kappa shape index (κ2) is 10.9. The van der Waals surface area contributed by atoms with Crippen molar-refractivity contribution in [2.24, 2.45) is 0 Å². The van der Waals surface area contributed by atoms with Gasteiger partial charge in [0, 0.05) is 22.7 Å². The number of hydrogen-bond acceptors (Lipinski definition) is 4. The van der Waals surface area contributed by atoms with Crippen molar-refractivity contribution >= 4 is 40.9 Å². The van der Waals surface area contributed by atoms with E-state index < -0.39 is 22.9 Å². The van der Waals surface area contributed by atoms with E-state index in [1.54, 1.807) is 36.4 Å². The molecule has 3 rings (SSSR count). The summed E-state index contributed by atoms with van der Waals surface area (Å²) in [6.07, 6.45) is 1.67. The largest absolute Gasteiger partial charge is 0.478 e. The van der Waals surface area contributed by atoms with Crippen LogP contribution in [0.25, 0.3) is 0 Å². The SMILES string of the molecule is O=C(O)/C=C/C(=O)Nc1ccc(SC(C(=O)Nc2ccccc2F)c2ccccc2)cc1. The molecule has 32 heavy (non-hydrogen) atoms. The van der Waals surface area contributed by atoms with Gasteiger partial charge < -0.3 is 15.7 Å². The number of para-hydroxylation sites is 1. The van der Waals surface area contributed by atoms with Crippen LogP contribution in [0.1, 0.15) is 10.8 Å². The average molecular weight is 450 g/mol. The number of halogens is 1. The fourth-order valence-electron chi connectivity index (χ4n) is 2.75. The summed E-state index contributed by atoms with van der Waals surface area (Å²) in [5, 5.41) is 13.1. The first-order valence-electron chi connectivity index (χ1n) is 9.51. The Labute approximate surface area is 188 Å². The van der Waals surface area contributed by atoms with Crippen molar-refractivity contribution < 1.29 is 23.9 Å². The monoisotopic (exact) mass is 450 g/mol. The lowest BCUT2D eigenvalue weighted by atomic mass is 10.1. The summed E-state index contributed by atoms with van der Waals surface area (Å²) in [6, 6.07) is 21.8. The normalized spacial score (nSPS) is 11.7. The number of carbonyl (C=O) groups excluding carboxylic acids is 2. The van der Waals surface area contributed by atoms with E-state index in [4.69, 9.17) is 5.11 Å². The van der Waals surface area contributed by atoms with Gasteiger partial charge in [-0.15, -0.1) is 11.8 Å². The fourth-order valence-corrected chi connectivity index (χ4v) is 3.77. The van der Waals surface area contributed by atoms with Crippen molar-refractivity contribution in [3.63, 3.8) is 0 Å². The van der Waals surface area contributed by atoms with Gasteiger partial charge in [-0.05, 0) is 42.0 Å². The molecule has 3 aromatic rings. The quantitative estimate of drug-likeness (QED) is 0.336. The Hall–Kier alpha value is -3.91. The summed E-state index contributed by atoms with van der Waals surface area (Å²) in [5.41, 5.74) is 1.33. The lowest BCUT2D eigenvalue weighted by molar-refractivity contribution is -0.131. The topological polar surface area (TPSA) is 95.5 Å². The number of carboxylic acids is 1. The van der Waals surface area contributed by atoms with E-state index in [-0.39, 0.29) is 11.6 Å². The molecule has 0 saturated carbocycles. The summed E-state index contributed by atoms with van der Waals surface area (Å²) in [4.78, 5) is 35.9. The summed E-state index contributed by atoms with van der Waals surface area (Å²) >= 11 is 1.28. The number of rotatable bonds is 8. The first-order chi connectivity index (χ1) is 15.4. The minimum Gasteiger partial charge on any atom is -0.478 e. The Balaban J connectivity index is 1.75. The Morgan fingerprint density at radius 2 is 1.50 bits per heavy atom. The van der Waals surface area contributed by atoms with E-state index in [0.717, 1.165) is 22.6 Å². The van der Waals surface area contributed by atoms with Crippen LogP contribution in [0.15, 0.2) is 95.9 Å². The summed E-state index contributed by atoms with van der Waals surface area (Å²) in [7, 11) is 0. The minimum atomic E-state index is -1.22. The molecule has 162 valence electrons. The van der Waals surface area contributed by atoms with Crippen LogP contribution in [0.4, 0.5) is 15.8 Å². The van der Waals surface area contributed by atoms with Crippen LogP contribution in [0, 0.1) is 5.82 Å². The van der Waals surface area contributed by atoms with Crippen LogP contribution in [-0.2, 0) is 14.4 Å². The maximum absolute atomic E-state index is 14.0. The molecule has 0 heterocycles. The number of nitrogens with one attached hydrogen (secondary N) is 2. The molecule has 3 aromatic carbocycles. The third-order valence-electron chi connectivity index (χ3n) is 4.23. The van der Waals surface area contributed by atoms with Gasteiger partial charge in [0.15, 0.2) is 0 Å². The predicted octanol–water partition coefficient (Wildman–Crippen LogP) is 4.88. The van der Waals surface area contributed by atoms with Crippen molar-refractivity contribution in [3.05, 3.63) is 102 Å². The molecule has 0 aromatic heterocycles. The van der Waals surface area contributed by atoms with Gasteiger partial charge in [-0.25, -0.2) is 9.18 Å². The second-order valence-corrected chi connectivity index (χ2v) is 7.74. The van der Waals surface area contributed by atoms with Crippen LogP contribution in [0.3, 0.4) is 0 Å². The van der Waals surface area contributed by atoms with Crippen molar-refractivity contribution in [1.82, 2.24) is 0 Å². The molecule has 0 aliphatic rings. The maximum atomic E-state index is 14.0. The van der Waals surface area contributed by atoms with Gasteiger partial charge in [-0.1, -0.05) is 42.5 Å². The molecule has 0 radical (unpaired) electrons. The third-order valence-corrected chi connectivity index (χ3v) is 5.49. The zero-order valence-corrected chi connectivity index (χ0v) is 17.5. The molecule has 1 unspecified atom stereocenters. The highest BCUT2D eigenvalue weighted by Crippen LogP contribution is 2.36. The van der Waals surface area contributed by atoms with Crippen molar-refractivity contribution in [3.8, 4) is 0 Å². The number of carboxylic acid groups (broad SMARTS) is 1. The highest BCUT2D eigenvalue weighted by atomic mass is 32.2. The summed E-state index contributed by atoms with van der Waals surface area (Å²) in [5.74, 6) is -2.68. The Morgan fingerprint density at radius 1 is 0.844 bits per heavy atom. The fraction of sp³-hybridized carbons (Fsp3) is 0.0417. The van der Waals surface area contributed by atoms with Crippen LogP contribution < -0.4 is 10.6 Å². The Morgan fingerprint density at radius 3 is 2.16 bits per heavy atom. The molecule has 1 atom stereocenters. The highest BCUT2D eigenvalue weighted by molar-refractivity contribution is 8.00. The number of carbonyl (C=O) groups is 3. The molecule has 0 aliphatic heterocycles. The molecule has 0 bridgehead atoms.